The van der Waals surface area contributed by atoms with Crippen molar-refractivity contribution in [3.63, 3.8) is 0 Å². The lowest BCUT2D eigenvalue weighted by Crippen LogP contribution is -2.25. The summed E-state index contributed by atoms with van der Waals surface area (Å²) in [7, 11) is 0. The fourth-order valence-corrected chi connectivity index (χ4v) is 2.08. The molecule has 0 unspecified atom stereocenters. The van der Waals surface area contributed by atoms with Crippen molar-refractivity contribution in [1.82, 2.24) is 0 Å². The topological polar surface area (TPSA) is 49.0 Å². The quantitative estimate of drug-likeness (QED) is 0.805. The van der Waals surface area contributed by atoms with Crippen molar-refractivity contribution >= 4 is 5.88 Å². The lowest BCUT2D eigenvalue weighted by molar-refractivity contribution is 0.390. The molecule has 1 aromatic rings. The summed E-state index contributed by atoms with van der Waals surface area (Å²) < 4.78 is 5.46. The lowest BCUT2D eigenvalue weighted by atomic mass is 9.87. The zero-order valence-electron chi connectivity index (χ0n) is 8.99. The van der Waals surface area contributed by atoms with Gasteiger partial charge in [-0.2, -0.15) is 5.26 Å². The second kappa shape index (κ2) is 4.39. The van der Waals surface area contributed by atoms with Crippen LogP contribution in [0.4, 0.5) is 5.88 Å². The van der Waals surface area contributed by atoms with Gasteiger partial charge in [0.05, 0.1) is 6.07 Å². The van der Waals surface area contributed by atoms with Crippen LogP contribution in [0.25, 0.3) is 0 Å². The van der Waals surface area contributed by atoms with E-state index >= 15 is 0 Å². The van der Waals surface area contributed by atoms with Gasteiger partial charge in [-0.3, -0.25) is 0 Å². The molecular formula is C12H16N2O. The van der Waals surface area contributed by atoms with Gasteiger partial charge >= 0.3 is 0 Å². The highest BCUT2D eigenvalue weighted by atomic mass is 16.4. The Kier molecular flexibility index (Phi) is 2.96. The summed E-state index contributed by atoms with van der Waals surface area (Å²) in [5.41, 5.74) is 0. The average Bonchev–Trinajstić information content (AvgIpc) is 2.65. The second-order valence-electron chi connectivity index (χ2n) is 4.23. The van der Waals surface area contributed by atoms with E-state index in [4.69, 9.17) is 9.68 Å². The van der Waals surface area contributed by atoms with Gasteiger partial charge in [-0.25, -0.2) is 0 Å². The average molecular weight is 204 g/mol. The molecule has 1 fully saturated rings. The van der Waals surface area contributed by atoms with Gasteiger partial charge in [0.1, 0.15) is 5.76 Å². The minimum Gasteiger partial charge on any atom is -0.446 e. The summed E-state index contributed by atoms with van der Waals surface area (Å²) >= 11 is 0. The fourth-order valence-electron chi connectivity index (χ4n) is 2.08. The predicted molar refractivity (Wildman–Crippen MR) is 58.4 cm³/mol. The Bertz CT molecular complexity index is 356. The molecule has 3 heteroatoms. The highest BCUT2D eigenvalue weighted by Gasteiger charge is 2.21. The van der Waals surface area contributed by atoms with E-state index in [1.54, 1.807) is 0 Å². The van der Waals surface area contributed by atoms with Gasteiger partial charge in [0.15, 0.2) is 5.88 Å². The Balaban J connectivity index is 1.85. The minimum absolute atomic E-state index is 0.265. The van der Waals surface area contributed by atoms with Crippen LogP contribution < -0.4 is 5.32 Å². The number of nitrogens with zero attached hydrogens (tertiary/aromatic N) is 1. The summed E-state index contributed by atoms with van der Waals surface area (Å²) in [6.45, 7) is 1.94. The minimum atomic E-state index is 0.265. The first-order chi connectivity index (χ1) is 7.28. The largest absolute Gasteiger partial charge is 0.446 e. The summed E-state index contributed by atoms with van der Waals surface area (Å²) in [6.07, 6.45) is 4.15. The molecule has 1 saturated carbocycles. The SMILES string of the molecule is Cc1ccc(NC2CCC(C#N)CC2)o1. The van der Waals surface area contributed by atoms with Crippen LogP contribution in [0, 0.1) is 24.2 Å². The van der Waals surface area contributed by atoms with Crippen LogP contribution in [-0.4, -0.2) is 6.04 Å². The van der Waals surface area contributed by atoms with Gasteiger partial charge in [-0.05, 0) is 38.7 Å². The van der Waals surface area contributed by atoms with Crippen LogP contribution >= 0.6 is 0 Å². The Hall–Kier alpha value is -1.43. The summed E-state index contributed by atoms with van der Waals surface area (Å²) in [5.74, 6) is 2.05. The molecule has 0 amide bonds. The molecule has 2 rings (SSSR count). The van der Waals surface area contributed by atoms with Crippen LogP contribution in [0.5, 0.6) is 0 Å². The Labute approximate surface area is 90.1 Å². The zero-order valence-corrected chi connectivity index (χ0v) is 8.99. The first-order valence-electron chi connectivity index (χ1n) is 5.50. The van der Waals surface area contributed by atoms with Gasteiger partial charge < -0.3 is 9.73 Å². The molecule has 15 heavy (non-hydrogen) atoms. The van der Waals surface area contributed by atoms with Crippen LogP contribution in [0.1, 0.15) is 31.4 Å². The molecule has 0 radical (unpaired) electrons. The molecule has 0 atom stereocenters. The molecule has 0 aliphatic heterocycles. The Morgan fingerprint density at radius 1 is 1.33 bits per heavy atom. The van der Waals surface area contributed by atoms with Crippen molar-refractivity contribution in [2.24, 2.45) is 5.92 Å². The smallest absolute Gasteiger partial charge is 0.193 e. The van der Waals surface area contributed by atoms with Crippen molar-refractivity contribution in [2.45, 2.75) is 38.6 Å². The van der Waals surface area contributed by atoms with Crippen molar-refractivity contribution < 1.29 is 4.42 Å². The van der Waals surface area contributed by atoms with E-state index in [9.17, 15) is 0 Å². The Morgan fingerprint density at radius 2 is 2.07 bits per heavy atom. The number of aryl methyl sites for hydroxylation is 1. The van der Waals surface area contributed by atoms with Crippen LogP contribution in [0.3, 0.4) is 0 Å². The first kappa shape index (κ1) is 10.1. The van der Waals surface area contributed by atoms with Crippen LogP contribution in [-0.2, 0) is 0 Å². The third-order valence-corrected chi connectivity index (χ3v) is 3.00. The van der Waals surface area contributed by atoms with Gasteiger partial charge in [0.25, 0.3) is 0 Å². The molecule has 0 spiro atoms. The number of hydrogen-bond acceptors (Lipinski definition) is 3. The van der Waals surface area contributed by atoms with E-state index in [1.165, 1.54) is 0 Å². The number of rotatable bonds is 2. The lowest BCUT2D eigenvalue weighted by Gasteiger charge is -2.25. The number of furan rings is 1. The van der Waals surface area contributed by atoms with Crippen molar-refractivity contribution in [1.29, 1.82) is 5.26 Å². The first-order valence-corrected chi connectivity index (χ1v) is 5.50. The van der Waals surface area contributed by atoms with E-state index in [-0.39, 0.29) is 5.92 Å². The standard InChI is InChI=1S/C12H16N2O/c1-9-2-7-12(15-9)14-11-5-3-10(8-13)4-6-11/h2,7,10-11,14H,3-6H2,1H3. The van der Waals surface area contributed by atoms with E-state index in [1.807, 2.05) is 19.1 Å². The van der Waals surface area contributed by atoms with Crippen LogP contribution in [0.15, 0.2) is 16.5 Å². The molecule has 0 saturated heterocycles. The molecule has 1 heterocycles. The van der Waals surface area contributed by atoms with Crippen molar-refractivity contribution in [3.05, 3.63) is 17.9 Å². The number of nitriles is 1. The van der Waals surface area contributed by atoms with Crippen molar-refractivity contribution in [3.8, 4) is 6.07 Å². The van der Waals surface area contributed by atoms with Crippen LogP contribution in [0.2, 0.25) is 0 Å². The van der Waals surface area contributed by atoms with Gasteiger partial charge in [-0.1, -0.05) is 0 Å². The van der Waals surface area contributed by atoms with Gasteiger partial charge in [0.2, 0.25) is 0 Å². The summed E-state index contributed by atoms with van der Waals surface area (Å²) in [4.78, 5) is 0. The molecular weight excluding hydrogens is 188 g/mol. The van der Waals surface area contributed by atoms with E-state index < -0.39 is 0 Å². The van der Waals surface area contributed by atoms with E-state index in [2.05, 4.69) is 11.4 Å². The van der Waals surface area contributed by atoms with E-state index in [0.29, 0.717) is 6.04 Å². The maximum Gasteiger partial charge on any atom is 0.193 e. The fraction of sp³-hybridized carbons (Fsp3) is 0.583. The molecule has 3 nitrogen and oxygen atoms in total. The molecule has 1 aliphatic carbocycles. The molecule has 80 valence electrons. The maximum atomic E-state index is 8.78. The van der Waals surface area contributed by atoms with E-state index in [0.717, 1.165) is 37.3 Å². The molecule has 1 aliphatic rings. The monoisotopic (exact) mass is 204 g/mol. The van der Waals surface area contributed by atoms with Crippen molar-refractivity contribution in [2.75, 3.05) is 5.32 Å². The normalized spacial score (nSPS) is 25.9. The number of nitrogens with one attached hydrogen (secondary N) is 1. The number of hydrogen-bond donors (Lipinski definition) is 1. The zero-order chi connectivity index (χ0) is 10.7. The highest BCUT2D eigenvalue weighted by Crippen LogP contribution is 2.26. The Morgan fingerprint density at radius 3 is 2.60 bits per heavy atom. The summed E-state index contributed by atoms with van der Waals surface area (Å²) in [5, 5.41) is 12.2. The molecule has 1 aromatic heterocycles. The third kappa shape index (κ3) is 2.53. The second-order valence-corrected chi connectivity index (χ2v) is 4.23. The van der Waals surface area contributed by atoms with Gasteiger partial charge in [0, 0.05) is 18.0 Å². The number of anilines is 1. The van der Waals surface area contributed by atoms with Gasteiger partial charge in [-0.15, -0.1) is 0 Å². The molecule has 0 aromatic carbocycles. The molecule has 0 bridgehead atoms. The predicted octanol–water partition coefficient (Wildman–Crippen LogP) is 3.08. The summed E-state index contributed by atoms with van der Waals surface area (Å²) in [6, 6.07) is 6.74. The maximum absolute atomic E-state index is 8.78. The highest BCUT2D eigenvalue weighted by molar-refractivity contribution is 5.33. The third-order valence-electron chi connectivity index (χ3n) is 3.00. The molecule has 1 N–H and O–H groups in total.